The highest BCUT2D eigenvalue weighted by molar-refractivity contribution is 5.28. The highest BCUT2D eigenvalue weighted by Crippen LogP contribution is 2.34. The van der Waals surface area contributed by atoms with Crippen LogP contribution in [0.25, 0.3) is 0 Å². The second kappa shape index (κ2) is 9.55. The first-order valence-corrected chi connectivity index (χ1v) is 9.21. The van der Waals surface area contributed by atoms with E-state index in [1.54, 1.807) is 6.07 Å². The molecule has 1 fully saturated rings. The molecular weight excluding hydrogens is 329 g/mol. The van der Waals surface area contributed by atoms with Crippen LogP contribution >= 0.6 is 0 Å². The van der Waals surface area contributed by atoms with E-state index >= 15 is 0 Å². The van der Waals surface area contributed by atoms with Gasteiger partial charge in [0.1, 0.15) is 0 Å². The fourth-order valence-corrected chi connectivity index (χ4v) is 3.31. The van der Waals surface area contributed by atoms with Crippen molar-refractivity contribution in [3.05, 3.63) is 35.4 Å². The maximum atomic E-state index is 12.8. The molecule has 0 atom stereocenters. The molecule has 6 heteroatoms. The van der Waals surface area contributed by atoms with Crippen molar-refractivity contribution < 1.29 is 18.0 Å². The topological polar surface area (TPSA) is 15.7 Å². The van der Waals surface area contributed by atoms with Crippen molar-refractivity contribution in [2.45, 2.75) is 45.2 Å². The van der Waals surface area contributed by atoms with Crippen LogP contribution in [0.3, 0.4) is 0 Å². The van der Waals surface area contributed by atoms with E-state index in [1.807, 2.05) is 5.06 Å². The molecule has 0 unspecified atom stereocenters. The van der Waals surface area contributed by atoms with Crippen LogP contribution in [0.5, 0.6) is 0 Å². The Morgan fingerprint density at radius 2 is 1.84 bits per heavy atom. The molecule has 0 N–H and O–H groups in total. The van der Waals surface area contributed by atoms with Crippen LogP contribution in [0.2, 0.25) is 0 Å². The molecule has 0 amide bonds. The van der Waals surface area contributed by atoms with Gasteiger partial charge in [0.15, 0.2) is 0 Å². The lowest BCUT2D eigenvalue weighted by Gasteiger charge is -2.31. The number of hydrogen-bond acceptors (Lipinski definition) is 3. The Kier molecular flexibility index (Phi) is 7.72. The first kappa shape index (κ1) is 20.2. The molecule has 3 nitrogen and oxygen atoms in total. The maximum absolute atomic E-state index is 12.8. The molecule has 0 aromatic heterocycles. The van der Waals surface area contributed by atoms with E-state index in [4.69, 9.17) is 4.84 Å². The van der Waals surface area contributed by atoms with E-state index in [0.29, 0.717) is 6.61 Å². The number of halogens is 3. The number of nitrogens with zero attached hydrogens (tertiary/aromatic N) is 2. The number of piperidine rings is 1. The number of hydrogen-bond donors (Lipinski definition) is 0. The van der Waals surface area contributed by atoms with Crippen LogP contribution in [0.1, 0.15) is 50.2 Å². The van der Waals surface area contributed by atoms with Crippen LogP contribution in [-0.4, -0.2) is 49.3 Å². The van der Waals surface area contributed by atoms with Gasteiger partial charge in [0.05, 0.1) is 12.2 Å². The van der Waals surface area contributed by atoms with Crippen LogP contribution in [0, 0.1) is 0 Å². The van der Waals surface area contributed by atoms with Crippen LogP contribution < -0.4 is 0 Å². The van der Waals surface area contributed by atoms with Crippen molar-refractivity contribution >= 4 is 0 Å². The van der Waals surface area contributed by atoms with Crippen molar-refractivity contribution in [1.82, 2.24) is 9.96 Å². The van der Waals surface area contributed by atoms with Gasteiger partial charge < -0.3 is 4.90 Å². The summed E-state index contributed by atoms with van der Waals surface area (Å²) in [7, 11) is 0. The summed E-state index contributed by atoms with van der Waals surface area (Å²) in [5.74, 6) is 0.179. The van der Waals surface area contributed by atoms with Crippen molar-refractivity contribution in [3.63, 3.8) is 0 Å². The summed E-state index contributed by atoms with van der Waals surface area (Å²) in [4.78, 5) is 8.18. The number of rotatable bonds is 8. The lowest BCUT2D eigenvalue weighted by Crippen LogP contribution is -2.34. The smallest absolute Gasteiger partial charge is 0.304 e. The van der Waals surface area contributed by atoms with Gasteiger partial charge in [-0.2, -0.15) is 18.2 Å². The summed E-state index contributed by atoms with van der Waals surface area (Å²) in [6.07, 6.45) is -1.62. The van der Waals surface area contributed by atoms with E-state index in [0.717, 1.165) is 63.6 Å². The molecule has 1 aromatic carbocycles. The zero-order valence-electron chi connectivity index (χ0n) is 15.2. The molecule has 1 aromatic rings. The monoisotopic (exact) mass is 358 g/mol. The Bertz CT molecular complexity index is 510. The quantitative estimate of drug-likeness (QED) is 0.634. The molecule has 1 aliphatic heterocycles. The Morgan fingerprint density at radius 3 is 2.44 bits per heavy atom. The van der Waals surface area contributed by atoms with Gasteiger partial charge >= 0.3 is 6.18 Å². The third kappa shape index (κ3) is 6.28. The predicted octanol–water partition coefficient (Wildman–Crippen LogP) is 4.55. The average molecular weight is 358 g/mol. The molecule has 0 bridgehead atoms. The Balaban J connectivity index is 1.75. The Labute approximate surface area is 148 Å². The van der Waals surface area contributed by atoms with E-state index in [9.17, 15) is 13.2 Å². The molecule has 0 saturated carbocycles. The molecule has 1 heterocycles. The minimum atomic E-state index is -4.27. The predicted molar refractivity (Wildman–Crippen MR) is 93.3 cm³/mol. The Morgan fingerprint density at radius 1 is 1.16 bits per heavy atom. The van der Waals surface area contributed by atoms with Gasteiger partial charge in [-0.25, -0.2) is 0 Å². The fraction of sp³-hybridized carbons (Fsp3) is 0.684. The minimum Gasteiger partial charge on any atom is -0.304 e. The van der Waals surface area contributed by atoms with Crippen LogP contribution in [0.4, 0.5) is 13.2 Å². The second-order valence-corrected chi connectivity index (χ2v) is 6.54. The summed E-state index contributed by atoms with van der Waals surface area (Å²) in [6, 6.07) is 5.75. The van der Waals surface area contributed by atoms with Gasteiger partial charge in [-0.1, -0.05) is 32.0 Å². The van der Waals surface area contributed by atoms with Crippen molar-refractivity contribution in [2.75, 3.05) is 39.3 Å². The lowest BCUT2D eigenvalue weighted by molar-refractivity contribution is -0.171. The molecule has 142 valence electrons. The van der Waals surface area contributed by atoms with Crippen molar-refractivity contribution in [1.29, 1.82) is 0 Å². The highest BCUT2D eigenvalue weighted by Gasteiger charge is 2.31. The maximum Gasteiger partial charge on any atom is 0.416 e. The summed E-state index contributed by atoms with van der Waals surface area (Å²) >= 11 is 0. The van der Waals surface area contributed by atoms with E-state index in [2.05, 4.69) is 18.7 Å². The summed E-state index contributed by atoms with van der Waals surface area (Å²) < 4.78 is 38.5. The summed E-state index contributed by atoms with van der Waals surface area (Å²) in [5, 5.41) is 1.96. The first-order valence-electron chi connectivity index (χ1n) is 9.21. The summed E-state index contributed by atoms with van der Waals surface area (Å²) in [6.45, 7) is 9.69. The van der Waals surface area contributed by atoms with Gasteiger partial charge in [0.2, 0.25) is 0 Å². The molecule has 25 heavy (non-hydrogen) atoms. The molecule has 1 saturated heterocycles. The van der Waals surface area contributed by atoms with Gasteiger partial charge in [-0.3, -0.25) is 4.84 Å². The number of hydroxylamine groups is 2. The average Bonchev–Trinajstić information content (AvgIpc) is 2.62. The van der Waals surface area contributed by atoms with Crippen LogP contribution in [-0.2, 0) is 11.0 Å². The van der Waals surface area contributed by atoms with Gasteiger partial charge in [-0.05, 0) is 49.9 Å². The lowest BCUT2D eigenvalue weighted by atomic mass is 9.89. The second-order valence-electron chi connectivity index (χ2n) is 6.54. The Hall–Kier alpha value is -1.11. The SMILES string of the molecule is CCN(CC)CCCON1CCC(c2cccc(C(F)(F)F)c2)CC1. The number of benzene rings is 1. The molecular formula is C19H29F3N2O. The van der Waals surface area contributed by atoms with E-state index in [1.165, 1.54) is 12.1 Å². The zero-order valence-corrected chi connectivity index (χ0v) is 15.2. The molecule has 0 aliphatic carbocycles. The van der Waals surface area contributed by atoms with Gasteiger partial charge in [0, 0.05) is 19.6 Å². The standard InChI is InChI=1S/C19H29F3N2O/c1-3-23(4-2)11-6-14-25-24-12-9-16(10-13-24)17-7-5-8-18(15-17)19(20,21)22/h5,7-8,15-16H,3-4,6,9-14H2,1-2H3. The van der Waals surface area contributed by atoms with E-state index < -0.39 is 11.7 Å². The fourth-order valence-electron chi connectivity index (χ4n) is 3.31. The molecule has 0 radical (unpaired) electrons. The largest absolute Gasteiger partial charge is 0.416 e. The minimum absolute atomic E-state index is 0.179. The first-order chi connectivity index (χ1) is 11.9. The van der Waals surface area contributed by atoms with Gasteiger partial charge in [0.25, 0.3) is 0 Å². The third-order valence-electron chi connectivity index (χ3n) is 4.93. The normalized spacial score (nSPS) is 17.4. The van der Waals surface area contributed by atoms with Crippen molar-refractivity contribution in [3.8, 4) is 0 Å². The van der Waals surface area contributed by atoms with Gasteiger partial charge in [-0.15, -0.1) is 0 Å². The van der Waals surface area contributed by atoms with Crippen molar-refractivity contribution in [2.24, 2.45) is 0 Å². The third-order valence-corrected chi connectivity index (χ3v) is 4.93. The number of alkyl halides is 3. The van der Waals surface area contributed by atoms with E-state index in [-0.39, 0.29) is 5.92 Å². The molecule has 0 spiro atoms. The molecule has 1 aliphatic rings. The van der Waals surface area contributed by atoms with Crippen LogP contribution in [0.15, 0.2) is 24.3 Å². The highest BCUT2D eigenvalue weighted by atomic mass is 19.4. The molecule has 2 rings (SSSR count). The summed E-state index contributed by atoms with van der Waals surface area (Å²) in [5.41, 5.74) is 0.232. The zero-order chi connectivity index (χ0) is 18.3.